The highest BCUT2D eigenvalue weighted by Gasteiger charge is 2.02. The van der Waals surface area contributed by atoms with E-state index in [0.717, 1.165) is 32.1 Å². The highest BCUT2D eigenvalue weighted by Crippen LogP contribution is 2.14. The van der Waals surface area contributed by atoms with Crippen LogP contribution in [-0.2, 0) is 9.53 Å². The van der Waals surface area contributed by atoms with Crippen molar-refractivity contribution in [3.8, 4) is 0 Å². The Morgan fingerprint density at radius 1 is 0.895 bits per heavy atom. The zero-order valence-corrected chi connectivity index (χ0v) is 12.5. The molecular formula is C17H26O2. The number of carbonyl (C=O) groups is 1. The van der Waals surface area contributed by atoms with Crippen LogP contribution in [0.5, 0.6) is 0 Å². The van der Waals surface area contributed by atoms with Crippen molar-refractivity contribution in [2.45, 2.75) is 59.3 Å². The van der Waals surface area contributed by atoms with Crippen LogP contribution < -0.4 is 0 Å². The Kier molecular flexibility index (Phi) is 7.24. The van der Waals surface area contributed by atoms with E-state index < -0.39 is 0 Å². The molecule has 0 saturated carbocycles. The summed E-state index contributed by atoms with van der Waals surface area (Å²) in [4.78, 5) is 11.5. The predicted molar refractivity (Wildman–Crippen MR) is 79.9 cm³/mol. The molecule has 0 N–H and O–H groups in total. The van der Waals surface area contributed by atoms with E-state index in [1.54, 1.807) is 0 Å². The lowest BCUT2D eigenvalue weighted by Crippen LogP contribution is -2.04. The Bertz CT molecular complexity index is 386. The molecule has 106 valence electrons. The fraction of sp³-hybridized carbons (Fsp3) is 0.588. The highest BCUT2D eigenvalue weighted by atomic mass is 16.5. The van der Waals surface area contributed by atoms with Crippen LogP contribution in [0.15, 0.2) is 34.9 Å². The number of carbonyl (C=O) groups excluding carboxylic acids is 1. The van der Waals surface area contributed by atoms with Crippen molar-refractivity contribution in [2.75, 3.05) is 6.61 Å². The third-order valence-electron chi connectivity index (χ3n) is 3.43. The maximum absolute atomic E-state index is 11.5. The second kappa shape index (κ2) is 8.73. The third kappa shape index (κ3) is 7.66. The minimum atomic E-state index is -0.0848. The summed E-state index contributed by atoms with van der Waals surface area (Å²) in [6, 6.07) is 0. The molecule has 1 aliphatic heterocycles. The molecule has 2 nitrogen and oxygen atoms in total. The van der Waals surface area contributed by atoms with Crippen molar-refractivity contribution in [3.05, 3.63) is 34.9 Å². The van der Waals surface area contributed by atoms with Crippen molar-refractivity contribution in [1.82, 2.24) is 0 Å². The average molecular weight is 262 g/mol. The van der Waals surface area contributed by atoms with Crippen molar-refractivity contribution >= 4 is 5.97 Å². The summed E-state index contributed by atoms with van der Waals surface area (Å²) < 4.78 is 5.20. The van der Waals surface area contributed by atoms with E-state index >= 15 is 0 Å². The van der Waals surface area contributed by atoms with Gasteiger partial charge in [0.25, 0.3) is 0 Å². The summed E-state index contributed by atoms with van der Waals surface area (Å²) in [6.45, 7) is 6.83. The van der Waals surface area contributed by atoms with Crippen LogP contribution in [0.3, 0.4) is 0 Å². The van der Waals surface area contributed by atoms with Gasteiger partial charge in [-0.1, -0.05) is 28.9 Å². The van der Waals surface area contributed by atoms with E-state index in [0.29, 0.717) is 13.0 Å². The normalized spacial score (nSPS) is 28.6. The quantitative estimate of drug-likeness (QED) is 0.466. The second-order valence-electron chi connectivity index (χ2n) is 5.43. The topological polar surface area (TPSA) is 26.3 Å². The highest BCUT2D eigenvalue weighted by molar-refractivity contribution is 5.69. The number of rotatable bonds is 0. The molecule has 0 bridgehead atoms. The van der Waals surface area contributed by atoms with Gasteiger partial charge >= 0.3 is 5.97 Å². The molecule has 0 unspecified atom stereocenters. The minimum absolute atomic E-state index is 0.0848. The molecule has 0 aromatic carbocycles. The molecule has 1 rings (SSSR count). The molecule has 1 heterocycles. The van der Waals surface area contributed by atoms with Crippen molar-refractivity contribution in [3.63, 3.8) is 0 Å². The maximum atomic E-state index is 11.5. The summed E-state index contributed by atoms with van der Waals surface area (Å²) in [5.41, 5.74) is 4.07. The van der Waals surface area contributed by atoms with Gasteiger partial charge in [0, 0.05) is 6.42 Å². The van der Waals surface area contributed by atoms with E-state index in [1.165, 1.54) is 16.7 Å². The summed E-state index contributed by atoms with van der Waals surface area (Å²) in [5, 5.41) is 0. The predicted octanol–water partition coefficient (Wildman–Crippen LogP) is 4.72. The summed E-state index contributed by atoms with van der Waals surface area (Å²) in [6.07, 6.45) is 12.2. The molecule has 19 heavy (non-hydrogen) atoms. The van der Waals surface area contributed by atoms with Gasteiger partial charge in [0.1, 0.15) is 6.61 Å². The summed E-state index contributed by atoms with van der Waals surface area (Å²) >= 11 is 0. The molecule has 0 amide bonds. The van der Waals surface area contributed by atoms with Gasteiger partial charge in [-0.3, -0.25) is 4.79 Å². The Morgan fingerprint density at radius 2 is 1.63 bits per heavy atom. The fourth-order valence-corrected chi connectivity index (χ4v) is 2.03. The molecule has 0 fully saturated rings. The maximum Gasteiger partial charge on any atom is 0.306 e. The van der Waals surface area contributed by atoms with Crippen LogP contribution >= 0.6 is 0 Å². The fourth-order valence-electron chi connectivity index (χ4n) is 2.03. The smallest absolute Gasteiger partial charge is 0.306 e. The summed E-state index contributed by atoms with van der Waals surface area (Å²) in [5.74, 6) is -0.0848. The zero-order chi connectivity index (χ0) is 14.1. The zero-order valence-electron chi connectivity index (χ0n) is 12.5. The molecule has 0 aliphatic carbocycles. The molecule has 0 aromatic heterocycles. The third-order valence-corrected chi connectivity index (χ3v) is 3.43. The van der Waals surface area contributed by atoms with Crippen LogP contribution in [0.2, 0.25) is 0 Å². The van der Waals surface area contributed by atoms with Gasteiger partial charge in [-0.25, -0.2) is 0 Å². The first-order valence-corrected chi connectivity index (χ1v) is 7.20. The first-order valence-electron chi connectivity index (χ1n) is 7.20. The van der Waals surface area contributed by atoms with Crippen LogP contribution in [0, 0.1) is 0 Å². The van der Waals surface area contributed by atoms with E-state index in [4.69, 9.17) is 4.74 Å². The molecule has 0 saturated heterocycles. The van der Waals surface area contributed by atoms with Crippen LogP contribution in [0.4, 0.5) is 0 Å². The lowest BCUT2D eigenvalue weighted by molar-refractivity contribution is -0.142. The molecule has 2 heteroatoms. The SMILES string of the molecule is C/C1=C\COC(=O)CCC/C(C)=C/CC/C(C)=C/C1. The number of ether oxygens (including phenoxy) is 1. The van der Waals surface area contributed by atoms with Gasteiger partial charge in [-0.05, 0) is 59.0 Å². The number of allylic oxidation sites excluding steroid dienone is 5. The monoisotopic (exact) mass is 262 g/mol. The minimum Gasteiger partial charge on any atom is -0.461 e. The van der Waals surface area contributed by atoms with Gasteiger partial charge in [0.15, 0.2) is 0 Å². The van der Waals surface area contributed by atoms with Gasteiger partial charge in [0.2, 0.25) is 0 Å². The number of cyclic esters (lactones) is 1. The first kappa shape index (κ1) is 15.7. The first-order chi connectivity index (χ1) is 9.08. The number of hydrogen-bond donors (Lipinski definition) is 0. The average Bonchev–Trinajstić information content (AvgIpc) is 2.36. The van der Waals surface area contributed by atoms with Crippen molar-refractivity contribution < 1.29 is 9.53 Å². The molecule has 1 aliphatic rings. The van der Waals surface area contributed by atoms with Crippen molar-refractivity contribution in [2.24, 2.45) is 0 Å². The second-order valence-corrected chi connectivity index (χ2v) is 5.43. The Balaban J connectivity index is 2.64. The van der Waals surface area contributed by atoms with Gasteiger partial charge in [-0.2, -0.15) is 0 Å². The van der Waals surface area contributed by atoms with Crippen LogP contribution in [0.1, 0.15) is 59.3 Å². The Morgan fingerprint density at radius 3 is 2.42 bits per heavy atom. The number of hydrogen-bond acceptors (Lipinski definition) is 2. The van der Waals surface area contributed by atoms with Crippen LogP contribution in [-0.4, -0.2) is 12.6 Å². The number of esters is 1. The summed E-state index contributed by atoms with van der Waals surface area (Å²) in [7, 11) is 0. The lowest BCUT2D eigenvalue weighted by Gasteiger charge is -2.03. The Hall–Kier alpha value is -1.31. The Labute approximate surface area is 117 Å². The van der Waals surface area contributed by atoms with E-state index in [9.17, 15) is 4.79 Å². The largest absolute Gasteiger partial charge is 0.461 e. The van der Waals surface area contributed by atoms with Gasteiger partial charge in [0.05, 0.1) is 0 Å². The molecule has 0 aromatic rings. The van der Waals surface area contributed by atoms with E-state index in [1.807, 2.05) is 6.08 Å². The molecule has 0 atom stereocenters. The molecule has 0 spiro atoms. The lowest BCUT2D eigenvalue weighted by atomic mass is 10.0. The van der Waals surface area contributed by atoms with Crippen molar-refractivity contribution in [1.29, 1.82) is 0 Å². The molecular weight excluding hydrogens is 236 g/mol. The van der Waals surface area contributed by atoms with Gasteiger partial charge in [-0.15, -0.1) is 0 Å². The van der Waals surface area contributed by atoms with Gasteiger partial charge < -0.3 is 4.74 Å². The van der Waals surface area contributed by atoms with Crippen LogP contribution in [0.25, 0.3) is 0 Å². The standard InChI is InChI=1S/C17H26O2/c1-14-6-4-7-15(2)10-11-16(3)12-13-19-17(18)9-5-8-14/h6,10,12H,4-5,7-9,11,13H2,1-3H3/b14-6+,15-10+,16-12+. The van der Waals surface area contributed by atoms with E-state index in [2.05, 4.69) is 32.9 Å². The van der Waals surface area contributed by atoms with E-state index in [-0.39, 0.29) is 5.97 Å². The molecule has 0 radical (unpaired) electrons.